The molecule has 2 N–H and O–H groups in total. The van der Waals surface area contributed by atoms with E-state index in [-0.39, 0.29) is 12.5 Å². The topological polar surface area (TPSA) is 66.4 Å². The number of nitrogens with one attached hydrogen (secondary N) is 1. The second-order valence-corrected chi connectivity index (χ2v) is 6.64. The van der Waals surface area contributed by atoms with Crippen molar-refractivity contribution in [3.63, 3.8) is 0 Å². The Labute approximate surface area is 129 Å². The molecule has 114 valence electrons. The summed E-state index contributed by atoms with van der Waals surface area (Å²) >= 11 is 1.49. The molecule has 0 bridgehead atoms. The molecule has 5 heteroatoms. The number of aliphatic carboxylic acids is 1. The molecule has 0 atom stereocenters. The number of carbonyl (C=O) groups excluding carboxylic acids is 1. The van der Waals surface area contributed by atoms with Crippen molar-refractivity contribution in [1.29, 1.82) is 0 Å². The fourth-order valence-corrected chi connectivity index (χ4v) is 3.56. The average Bonchev–Trinajstić information content (AvgIpc) is 2.94. The van der Waals surface area contributed by atoms with Gasteiger partial charge in [-0.1, -0.05) is 31.0 Å². The Morgan fingerprint density at radius 1 is 1.29 bits per heavy atom. The van der Waals surface area contributed by atoms with Gasteiger partial charge in [-0.15, -0.1) is 11.8 Å². The number of carboxylic acids is 1. The Balaban J connectivity index is 1.82. The lowest BCUT2D eigenvalue weighted by Gasteiger charge is -2.23. The van der Waals surface area contributed by atoms with Crippen LogP contribution in [0.25, 0.3) is 0 Å². The van der Waals surface area contributed by atoms with E-state index in [1.165, 1.54) is 11.8 Å². The van der Waals surface area contributed by atoms with Crippen molar-refractivity contribution < 1.29 is 14.7 Å². The van der Waals surface area contributed by atoms with Gasteiger partial charge in [0.25, 0.3) is 0 Å². The van der Waals surface area contributed by atoms with Crippen LogP contribution in [0.4, 0.5) is 0 Å². The van der Waals surface area contributed by atoms with Gasteiger partial charge in [-0.05, 0) is 31.4 Å². The summed E-state index contributed by atoms with van der Waals surface area (Å²) in [4.78, 5) is 24.4. The minimum absolute atomic E-state index is 0.101. The quantitative estimate of drug-likeness (QED) is 0.793. The number of hydrogen-bond donors (Lipinski definition) is 2. The van der Waals surface area contributed by atoms with Crippen molar-refractivity contribution in [2.75, 3.05) is 12.3 Å². The summed E-state index contributed by atoms with van der Waals surface area (Å²) in [6, 6.07) is 7.92. The molecule has 1 amide bonds. The van der Waals surface area contributed by atoms with Crippen molar-refractivity contribution in [2.24, 2.45) is 5.41 Å². The van der Waals surface area contributed by atoms with Gasteiger partial charge in [-0.25, -0.2) is 0 Å². The first-order chi connectivity index (χ1) is 10.0. The largest absolute Gasteiger partial charge is 0.481 e. The number of thioether (sulfide) groups is 1. The zero-order chi connectivity index (χ0) is 15.3. The fraction of sp³-hybridized carbons (Fsp3) is 0.500. The summed E-state index contributed by atoms with van der Waals surface area (Å²) in [6.45, 7) is 2.26. The molecule has 1 aromatic carbocycles. The van der Waals surface area contributed by atoms with Crippen molar-refractivity contribution in [2.45, 2.75) is 37.5 Å². The number of aryl methyl sites for hydroxylation is 1. The molecule has 1 saturated carbocycles. The molecule has 0 spiro atoms. The fourth-order valence-electron chi connectivity index (χ4n) is 2.70. The molecular weight excluding hydrogens is 286 g/mol. The first kappa shape index (κ1) is 15.9. The lowest BCUT2D eigenvalue weighted by atomic mass is 9.86. The van der Waals surface area contributed by atoms with Gasteiger partial charge in [0.15, 0.2) is 0 Å². The Kier molecular flexibility index (Phi) is 5.28. The van der Waals surface area contributed by atoms with E-state index in [2.05, 4.69) is 5.32 Å². The molecule has 1 aromatic rings. The summed E-state index contributed by atoms with van der Waals surface area (Å²) < 4.78 is 0. The monoisotopic (exact) mass is 307 g/mol. The summed E-state index contributed by atoms with van der Waals surface area (Å²) in [5, 5.41) is 12.2. The number of benzene rings is 1. The van der Waals surface area contributed by atoms with E-state index in [0.717, 1.165) is 23.3 Å². The normalized spacial score (nSPS) is 16.6. The molecule has 0 heterocycles. The molecule has 1 aliphatic carbocycles. The average molecular weight is 307 g/mol. The van der Waals surface area contributed by atoms with E-state index < -0.39 is 11.4 Å². The molecular formula is C16H21NO3S. The summed E-state index contributed by atoms with van der Waals surface area (Å²) in [5.41, 5.74) is 0.399. The maximum absolute atomic E-state index is 11.9. The predicted molar refractivity (Wildman–Crippen MR) is 83.4 cm³/mol. The van der Waals surface area contributed by atoms with Crippen LogP contribution in [0.1, 0.15) is 31.2 Å². The van der Waals surface area contributed by atoms with Gasteiger partial charge in [0.2, 0.25) is 5.91 Å². The number of rotatable bonds is 6. The van der Waals surface area contributed by atoms with Gasteiger partial charge in [-0.3, -0.25) is 9.59 Å². The van der Waals surface area contributed by atoms with E-state index in [4.69, 9.17) is 0 Å². The van der Waals surface area contributed by atoms with Crippen LogP contribution in [-0.4, -0.2) is 29.3 Å². The van der Waals surface area contributed by atoms with Crippen molar-refractivity contribution in [3.8, 4) is 0 Å². The lowest BCUT2D eigenvalue weighted by Crippen LogP contribution is -2.41. The van der Waals surface area contributed by atoms with Crippen LogP contribution in [0.5, 0.6) is 0 Å². The molecule has 0 aliphatic heterocycles. The third kappa shape index (κ3) is 4.00. The Hall–Kier alpha value is -1.49. The third-order valence-electron chi connectivity index (χ3n) is 4.09. The van der Waals surface area contributed by atoms with Crippen LogP contribution in [0.15, 0.2) is 29.2 Å². The Morgan fingerprint density at radius 2 is 1.95 bits per heavy atom. The van der Waals surface area contributed by atoms with E-state index in [9.17, 15) is 14.7 Å². The number of carboxylic acid groups (broad SMARTS) is 1. The third-order valence-corrected chi connectivity index (χ3v) is 5.27. The predicted octanol–water partition coefficient (Wildman–Crippen LogP) is 2.85. The van der Waals surface area contributed by atoms with Crippen LogP contribution in [0.2, 0.25) is 0 Å². The number of amides is 1. The molecule has 0 saturated heterocycles. The van der Waals surface area contributed by atoms with Crippen LogP contribution in [0, 0.1) is 12.3 Å². The molecule has 1 fully saturated rings. The van der Waals surface area contributed by atoms with E-state index >= 15 is 0 Å². The second kappa shape index (κ2) is 6.98. The molecule has 4 nitrogen and oxygen atoms in total. The highest BCUT2D eigenvalue weighted by atomic mass is 32.2. The summed E-state index contributed by atoms with van der Waals surface area (Å²) in [6.07, 6.45) is 3.18. The van der Waals surface area contributed by atoms with Crippen molar-refractivity contribution in [1.82, 2.24) is 5.32 Å². The molecule has 0 aromatic heterocycles. The van der Waals surface area contributed by atoms with Gasteiger partial charge in [-0.2, -0.15) is 0 Å². The van der Waals surface area contributed by atoms with E-state index in [1.54, 1.807) is 0 Å². The van der Waals surface area contributed by atoms with Crippen LogP contribution in [-0.2, 0) is 9.59 Å². The van der Waals surface area contributed by atoms with Crippen LogP contribution in [0.3, 0.4) is 0 Å². The van der Waals surface area contributed by atoms with Crippen molar-refractivity contribution >= 4 is 23.6 Å². The highest BCUT2D eigenvalue weighted by molar-refractivity contribution is 8.00. The highest BCUT2D eigenvalue weighted by Crippen LogP contribution is 2.37. The van der Waals surface area contributed by atoms with Gasteiger partial charge >= 0.3 is 5.97 Å². The number of carbonyl (C=O) groups is 2. The molecule has 0 unspecified atom stereocenters. The van der Waals surface area contributed by atoms with E-state index in [1.807, 2.05) is 31.2 Å². The maximum atomic E-state index is 11.9. The molecule has 1 aliphatic rings. The first-order valence-electron chi connectivity index (χ1n) is 7.22. The maximum Gasteiger partial charge on any atom is 0.311 e. The standard InChI is InChI=1S/C16H21NO3S/c1-12-6-2-3-7-13(12)21-10-14(18)17-11-16(15(19)20)8-4-5-9-16/h2-3,6-7H,4-5,8-11H2,1H3,(H,17,18)(H,19,20). The zero-order valence-corrected chi connectivity index (χ0v) is 13.0. The van der Waals surface area contributed by atoms with Gasteiger partial charge in [0, 0.05) is 11.4 Å². The highest BCUT2D eigenvalue weighted by Gasteiger charge is 2.41. The van der Waals surface area contributed by atoms with Crippen molar-refractivity contribution in [3.05, 3.63) is 29.8 Å². The lowest BCUT2D eigenvalue weighted by molar-refractivity contribution is -0.148. The first-order valence-corrected chi connectivity index (χ1v) is 8.21. The van der Waals surface area contributed by atoms with Gasteiger partial charge in [0.1, 0.15) is 0 Å². The van der Waals surface area contributed by atoms with Gasteiger partial charge in [0.05, 0.1) is 11.2 Å². The Morgan fingerprint density at radius 3 is 2.57 bits per heavy atom. The molecule has 2 rings (SSSR count). The molecule has 0 radical (unpaired) electrons. The molecule has 21 heavy (non-hydrogen) atoms. The SMILES string of the molecule is Cc1ccccc1SCC(=O)NCC1(C(=O)O)CCCC1. The van der Waals surface area contributed by atoms with Crippen LogP contribution < -0.4 is 5.32 Å². The van der Waals surface area contributed by atoms with Crippen LogP contribution >= 0.6 is 11.8 Å². The smallest absolute Gasteiger partial charge is 0.311 e. The minimum atomic E-state index is -0.785. The summed E-state index contributed by atoms with van der Waals surface area (Å²) in [5.74, 6) is -0.566. The van der Waals surface area contributed by atoms with Gasteiger partial charge < -0.3 is 10.4 Å². The Bertz CT molecular complexity index is 524. The second-order valence-electron chi connectivity index (χ2n) is 5.62. The zero-order valence-electron chi connectivity index (χ0n) is 12.2. The summed E-state index contributed by atoms with van der Waals surface area (Å²) in [7, 11) is 0. The van der Waals surface area contributed by atoms with E-state index in [0.29, 0.717) is 18.6 Å². The minimum Gasteiger partial charge on any atom is -0.481 e. The number of hydrogen-bond acceptors (Lipinski definition) is 3.